The zero-order chi connectivity index (χ0) is 10.1. The molecule has 0 aliphatic heterocycles. The predicted molar refractivity (Wildman–Crippen MR) is 48.0 cm³/mol. The number of halogens is 1. The maximum Gasteiger partial charge on any atom is 0.169 e. The van der Waals surface area contributed by atoms with E-state index in [4.69, 9.17) is 15.4 Å². The molecule has 0 aliphatic carbocycles. The topological polar surface area (TPSA) is 72.3 Å². The van der Waals surface area contributed by atoms with Crippen molar-refractivity contribution in [1.82, 2.24) is 5.16 Å². The Balaban J connectivity index is 2.47. The van der Waals surface area contributed by atoms with Crippen molar-refractivity contribution in [2.45, 2.75) is 0 Å². The molecule has 0 aliphatic rings. The molecule has 2 rings (SSSR count). The van der Waals surface area contributed by atoms with Crippen LogP contribution in [0.5, 0.6) is 5.75 Å². The molecule has 0 spiro atoms. The number of phenols is 1. The van der Waals surface area contributed by atoms with Crippen molar-refractivity contribution in [2.24, 2.45) is 0 Å². The summed E-state index contributed by atoms with van der Waals surface area (Å²) in [7, 11) is 0. The fourth-order valence-corrected chi connectivity index (χ4v) is 1.09. The smallest absolute Gasteiger partial charge is 0.169 e. The number of nitrogen functional groups attached to an aromatic ring is 1. The van der Waals surface area contributed by atoms with E-state index in [0.29, 0.717) is 11.3 Å². The van der Waals surface area contributed by atoms with Crippen molar-refractivity contribution in [3.8, 4) is 17.1 Å². The summed E-state index contributed by atoms with van der Waals surface area (Å²) < 4.78 is 17.8. The van der Waals surface area contributed by atoms with Crippen LogP contribution >= 0.6 is 0 Å². The first kappa shape index (κ1) is 8.55. The van der Waals surface area contributed by atoms with E-state index >= 15 is 0 Å². The lowest BCUT2D eigenvalue weighted by atomic mass is 10.1. The van der Waals surface area contributed by atoms with Gasteiger partial charge in [0.1, 0.15) is 0 Å². The molecule has 14 heavy (non-hydrogen) atoms. The Bertz CT molecular complexity index is 468. The minimum atomic E-state index is -0.711. The van der Waals surface area contributed by atoms with Crippen molar-refractivity contribution in [1.29, 1.82) is 0 Å². The first-order chi connectivity index (χ1) is 6.66. The van der Waals surface area contributed by atoms with Crippen LogP contribution in [0.1, 0.15) is 0 Å². The standard InChI is InChI=1S/C9H7FN2O2/c10-6-3-5(1-2-7(6)13)8-4-9(11)12-14-8/h1-4,13H,(H2,11,12). The number of nitrogens with zero attached hydrogens (tertiary/aromatic N) is 1. The fraction of sp³-hybridized carbons (Fsp3) is 0. The molecule has 2 aromatic rings. The van der Waals surface area contributed by atoms with Crippen LogP contribution in [0.15, 0.2) is 28.8 Å². The Morgan fingerprint density at radius 2 is 2.14 bits per heavy atom. The second-order valence-corrected chi connectivity index (χ2v) is 2.78. The predicted octanol–water partition coefficient (Wildman–Crippen LogP) is 1.77. The molecule has 0 saturated heterocycles. The highest BCUT2D eigenvalue weighted by Crippen LogP contribution is 2.25. The molecule has 1 heterocycles. The lowest BCUT2D eigenvalue weighted by Gasteiger charge is -1.97. The van der Waals surface area contributed by atoms with E-state index in [9.17, 15) is 4.39 Å². The number of hydrogen-bond acceptors (Lipinski definition) is 4. The molecule has 0 atom stereocenters. The highest BCUT2D eigenvalue weighted by Gasteiger charge is 2.07. The van der Waals surface area contributed by atoms with Crippen LogP contribution in [0.3, 0.4) is 0 Å². The molecule has 0 amide bonds. The summed E-state index contributed by atoms with van der Waals surface area (Å²) in [5, 5.41) is 12.4. The van der Waals surface area contributed by atoms with Gasteiger partial charge in [-0.25, -0.2) is 4.39 Å². The molecule has 0 unspecified atom stereocenters. The highest BCUT2D eigenvalue weighted by atomic mass is 19.1. The summed E-state index contributed by atoms with van der Waals surface area (Å²) in [6.07, 6.45) is 0. The number of anilines is 1. The summed E-state index contributed by atoms with van der Waals surface area (Å²) in [5.74, 6) is -0.520. The second kappa shape index (κ2) is 3.02. The fourth-order valence-electron chi connectivity index (χ4n) is 1.09. The van der Waals surface area contributed by atoms with Crippen LogP contribution in [-0.2, 0) is 0 Å². The van der Waals surface area contributed by atoms with Gasteiger partial charge in [-0.15, -0.1) is 0 Å². The van der Waals surface area contributed by atoms with Gasteiger partial charge in [0.2, 0.25) is 0 Å². The van der Waals surface area contributed by atoms with Crippen LogP contribution in [0.25, 0.3) is 11.3 Å². The highest BCUT2D eigenvalue weighted by molar-refractivity contribution is 5.60. The number of nitrogens with two attached hydrogens (primary N) is 1. The molecule has 3 N–H and O–H groups in total. The first-order valence-electron chi connectivity index (χ1n) is 3.88. The molecule has 4 nitrogen and oxygen atoms in total. The molecule has 5 heteroatoms. The Hall–Kier alpha value is -2.04. The summed E-state index contributed by atoms with van der Waals surface area (Å²) in [6, 6.07) is 5.38. The summed E-state index contributed by atoms with van der Waals surface area (Å²) in [4.78, 5) is 0. The third kappa shape index (κ3) is 1.39. The summed E-state index contributed by atoms with van der Waals surface area (Å²) in [5.41, 5.74) is 5.81. The Kier molecular flexibility index (Phi) is 1.85. The molecular weight excluding hydrogens is 187 g/mol. The minimum Gasteiger partial charge on any atom is -0.505 e. The monoisotopic (exact) mass is 194 g/mol. The van der Waals surface area contributed by atoms with Gasteiger partial charge in [0, 0.05) is 11.6 Å². The van der Waals surface area contributed by atoms with E-state index in [1.165, 1.54) is 18.2 Å². The van der Waals surface area contributed by atoms with Crippen LogP contribution in [0, 0.1) is 5.82 Å². The summed E-state index contributed by atoms with van der Waals surface area (Å²) >= 11 is 0. The third-order valence-corrected chi connectivity index (χ3v) is 1.76. The largest absolute Gasteiger partial charge is 0.505 e. The Labute approximate surface area is 78.8 Å². The van der Waals surface area contributed by atoms with E-state index in [1.807, 2.05) is 0 Å². The zero-order valence-corrected chi connectivity index (χ0v) is 7.07. The van der Waals surface area contributed by atoms with Crippen molar-refractivity contribution >= 4 is 5.82 Å². The van der Waals surface area contributed by atoms with Gasteiger partial charge < -0.3 is 15.4 Å². The number of aromatic hydroxyl groups is 1. The van der Waals surface area contributed by atoms with E-state index in [1.54, 1.807) is 0 Å². The number of rotatable bonds is 1. The SMILES string of the molecule is Nc1cc(-c2ccc(O)c(F)c2)on1. The molecular formula is C9H7FN2O2. The molecule has 1 aromatic heterocycles. The van der Waals surface area contributed by atoms with Gasteiger partial charge >= 0.3 is 0 Å². The average Bonchev–Trinajstić information content (AvgIpc) is 2.57. The molecule has 1 aromatic carbocycles. The lowest BCUT2D eigenvalue weighted by molar-refractivity contribution is 0.428. The first-order valence-corrected chi connectivity index (χ1v) is 3.88. The van der Waals surface area contributed by atoms with Crippen LogP contribution in [0.2, 0.25) is 0 Å². The van der Waals surface area contributed by atoms with Gasteiger partial charge in [-0.2, -0.15) is 0 Å². The molecule has 0 radical (unpaired) electrons. The number of benzene rings is 1. The van der Waals surface area contributed by atoms with E-state index < -0.39 is 11.6 Å². The van der Waals surface area contributed by atoms with Crippen LogP contribution < -0.4 is 5.73 Å². The zero-order valence-electron chi connectivity index (χ0n) is 7.07. The Morgan fingerprint density at radius 1 is 1.36 bits per heavy atom. The lowest BCUT2D eigenvalue weighted by Crippen LogP contribution is -1.80. The normalized spacial score (nSPS) is 10.4. The van der Waals surface area contributed by atoms with Crippen molar-refractivity contribution in [2.75, 3.05) is 5.73 Å². The van der Waals surface area contributed by atoms with Gasteiger partial charge in [-0.05, 0) is 18.2 Å². The number of phenolic OH excluding ortho intramolecular Hbond substituents is 1. The van der Waals surface area contributed by atoms with Crippen molar-refractivity contribution < 1.29 is 14.0 Å². The van der Waals surface area contributed by atoms with Gasteiger partial charge in [0.05, 0.1) is 0 Å². The number of hydrogen-bond donors (Lipinski definition) is 2. The molecule has 72 valence electrons. The van der Waals surface area contributed by atoms with Gasteiger partial charge in [-0.1, -0.05) is 5.16 Å². The molecule has 0 bridgehead atoms. The summed E-state index contributed by atoms with van der Waals surface area (Å²) in [6.45, 7) is 0. The maximum atomic E-state index is 12.9. The quantitative estimate of drug-likeness (QED) is 0.725. The number of aromatic nitrogens is 1. The van der Waals surface area contributed by atoms with E-state index in [0.717, 1.165) is 6.07 Å². The third-order valence-electron chi connectivity index (χ3n) is 1.76. The van der Waals surface area contributed by atoms with Crippen molar-refractivity contribution in [3.05, 3.63) is 30.1 Å². The minimum absolute atomic E-state index is 0.230. The second-order valence-electron chi connectivity index (χ2n) is 2.78. The average molecular weight is 194 g/mol. The van der Waals surface area contributed by atoms with Gasteiger partial charge in [0.15, 0.2) is 23.1 Å². The van der Waals surface area contributed by atoms with E-state index in [2.05, 4.69) is 5.16 Å². The molecule has 0 fully saturated rings. The van der Waals surface area contributed by atoms with Crippen LogP contribution in [0.4, 0.5) is 10.2 Å². The maximum absolute atomic E-state index is 12.9. The van der Waals surface area contributed by atoms with Crippen molar-refractivity contribution in [3.63, 3.8) is 0 Å². The van der Waals surface area contributed by atoms with E-state index in [-0.39, 0.29) is 5.82 Å². The van der Waals surface area contributed by atoms with Gasteiger partial charge in [-0.3, -0.25) is 0 Å². The van der Waals surface area contributed by atoms with Crippen LogP contribution in [-0.4, -0.2) is 10.3 Å². The van der Waals surface area contributed by atoms with Gasteiger partial charge in [0.25, 0.3) is 0 Å². The molecule has 0 saturated carbocycles. The Morgan fingerprint density at radius 3 is 2.71 bits per heavy atom.